The number of methoxy groups -OCH3 is 1. The second-order valence-corrected chi connectivity index (χ2v) is 13.1. The number of imidazole rings is 1. The first-order valence-corrected chi connectivity index (χ1v) is 16.1. The van der Waals surface area contributed by atoms with Crippen molar-refractivity contribution in [2.75, 3.05) is 24.8 Å². The molecule has 0 aromatic carbocycles. The van der Waals surface area contributed by atoms with Crippen LogP contribution in [0.3, 0.4) is 0 Å². The van der Waals surface area contributed by atoms with Gasteiger partial charge in [0.2, 0.25) is 5.95 Å². The molecule has 0 radical (unpaired) electrons. The van der Waals surface area contributed by atoms with E-state index in [1.807, 2.05) is 0 Å². The third-order valence-electron chi connectivity index (χ3n) is 5.39. The molecule has 1 saturated heterocycles. The zero-order valence-electron chi connectivity index (χ0n) is 21.2. The van der Waals surface area contributed by atoms with E-state index in [0.717, 1.165) is 0 Å². The second kappa shape index (κ2) is 12.2. The number of ether oxygens (including phenoxy) is 3. The Bertz CT molecular complexity index is 1670. The van der Waals surface area contributed by atoms with Crippen molar-refractivity contribution in [3.63, 3.8) is 0 Å². The first-order chi connectivity index (χ1) is 19.5. The number of aromatic nitrogens is 6. The van der Waals surface area contributed by atoms with Gasteiger partial charge in [-0.2, -0.15) is 18.7 Å². The monoisotopic (exact) mass is 676 g/mol. The Morgan fingerprint density at radius 3 is 2.55 bits per heavy atom. The number of H-pyrrole nitrogens is 1. The quantitative estimate of drug-likeness (QED) is 0.108. The van der Waals surface area contributed by atoms with Gasteiger partial charge >= 0.3 is 29.6 Å². The molecule has 3 aromatic rings. The van der Waals surface area contributed by atoms with E-state index in [0.29, 0.717) is 0 Å². The van der Waals surface area contributed by atoms with E-state index >= 15 is 0 Å². The van der Waals surface area contributed by atoms with Crippen LogP contribution in [0.5, 0.6) is 0 Å². The van der Waals surface area contributed by atoms with Crippen molar-refractivity contribution in [3.8, 4) is 0 Å². The van der Waals surface area contributed by atoms with E-state index in [2.05, 4.69) is 34.0 Å². The van der Waals surface area contributed by atoms with Gasteiger partial charge in [0, 0.05) is 20.2 Å². The number of nitrogens with zero attached hydrogens (tertiary/aromatic N) is 5. The number of nitrogens with one attached hydrogen (secondary N) is 2. The number of phosphoric ester groups is 1. The maximum atomic E-state index is 12.8. The fourth-order valence-corrected chi connectivity index (χ4v) is 7.11. The number of aromatic amines is 1. The van der Waals surface area contributed by atoms with Crippen LogP contribution in [0.2, 0.25) is 0 Å². The van der Waals surface area contributed by atoms with Gasteiger partial charge in [-0.25, -0.2) is 23.5 Å². The molecule has 8 N–H and O–H groups in total. The predicted molar refractivity (Wildman–Crippen MR) is 139 cm³/mol. The first kappa shape index (κ1) is 32.3. The maximum absolute atomic E-state index is 12.8. The molecule has 3 aromatic heterocycles. The summed E-state index contributed by atoms with van der Waals surface area (Å²) in [7, 11) is -14.1. The number of fused-ring (bicyclic) bond motifs is 1. The SMILES string of the molecule is COC1C(COP(=O)(O)OP(=O)(O)OP(=O)(O)O)OC(n2cnc3c(=S)[nH]c(N)nc32)C1OC(=O)Nc1ccnn1C. The van der Waals surface area contributed by atoms with E-state index in [1.165, 1.54) is 34.9 Å². The van der Waals surface area contributed by atoms with Gasteiger partial charge in [0.1, 0.15) is 28.2 Å². The van der Waals surface area contributed by atoms with Crippen molar-refractivity contribution in [2.24, 2.45) is 7.05 Å². The average molecular weight is 676 g/mol. The van der Waals surface area contributed by atoms with Crippen LogP contribution in [0, 0.1) is 4.64 Å². The highest BCUT2D eigenvalue weighted by Crippen LogP contribution is 2.66. The number of carbonyl (C=O) groups is 1. The van der Waals surface area contributed by atoms with Crippen LogP contribution in [0.1, 0.15) is 6.23 Å². The molecule has 1 amide bonds. The molecule has 232 valence electrons. The zero-order chi connectivity index (χ0) is 31.0. The molecule has 26 heteroatoms. The summed E-state index contributed by atoms with van der Waals surface area (Å²) >= 11 is 5.22. The van der Waals surface area contributed by atoms with E-state index in [9.17, 15) is 28.3 Å². The van der Waals surface area contributed by atoms with Crippen molar-refractivity contribution in [2.45, 2.75) is 24.5 Å². The molecule has 4 rings (SSSR count). The fraction of sp³-hybridized carbons (Fsp3) is 0.438. The summed E-state index contributed by atoms with van der Waals surface area (Å²) in [6.45, 7) is -0.913. The Morgan fingerprint density at radius 2 is 1.93 bits per heavy atom. The lowest BCUT2D eigenvalue weighted by molar-refractivity contribution is -0.0530. The van der Waals surface area contributed by atoms with Crippen LogP contribution in [0.15, 0.2) is 18.6 Å². The highest BCUT2D eigenvalue weighted by molar-refractivity contribution is 7.71. The topological polar surface area (TPSA) is 307 Å². The number of carbonyl (C=O) groups excluding carboxylic acids is 1. The zero-order valence-corrected chi connectivity index (χ0v) is 24.7. The van der Waals surface area contributed by atoms with Crippen LogP contribution in [0.25, 0.3) is 11.2 Å². The van der Waals surface area contributed by atoms with Crippen LogP contribution in [-0.4, -0.2) is 87.0 Å². The van der Waals surface area contributed by atoms with Gasteiger partial charge in [-0.3, -0.25) is 19.1 Å². The number of phosphoric acid groups is 3. The van der Waals surface area contributed by atoms with E-state index in [1.54, 1.807) is 7.05 Å². The van der Waals surface area contributed by atoms with Crippen molar-refractivity contribution >= 4 is 64.7 Å². The van der Waals surface area contributed by atoms with Crippen molar-refractivity contribution in [1.29, 1.82) is 0 Å². The van der Waals surface area contributed by atoms with Gasteiger partial charge in [-0.05, 0) is 0 Å². The van der Waals surface area contributed by atoms with Crippen molar-refractivity contribution < 1.29 is 65.4 Å². The highest BCUT2D eigenvalue weighted by Gasteiger charge is 2.50. The molecule has 6 unspecified atom stereocenters. The van der Waals surface area contributed by atoms with E-state index in [4.69, 9.17) is 46.5 Å². The summed E-state index contributed by atoms with van der Waals surface area (Å²) in [4.78, 5) is 60.4. The van der Waals surface area contributed by atoms with Gasteiger partial charge in [0.15, 0.2) is 18.0 Å². The summed E-state index contributed by atoms with van der Waals surface area (Å²) < 4.78 is 66.7. The number of rotatable bonds is 11. The Kier molecular flexibility index (Phi) is 9.36. The normalized spacial score (nSPS) is 23.9. The first-order valence-electron chi connectivity index (χ1n) is 11.1. The van der Waals surface area contributed by atoms with Gasteiger partial charge in [0.25, 0.3) is 0 Å². The molecule has 1 fully saturated rings. The Morgan fingerprint density at radius 1 is 1.21 bits per heavy atom. The molecule has 1 aliphatic heterocycles. The number of anilines is 2. The van der Waals surface area contributed by atoms with E-state index in [-0.39, 0.29) is 27.6 Å². The van der Waals surface area contributed by atoms with Crippen LogP contribution in [0.4, 0.5) is 16.6 Å². The van der Waals surface area contributed by atoms with Gasteiger partial charge < -0.3 is 44.5 Å². The predicted octanol–water partition coefficient (Wildman–Crippen LogP) is 0.678. The summed E-state index contributed by atoms with van der Waals surface area (Å²) in [6, 6.07) is 1.49. The van der Waals surface area contributed by atoms with Crippen LogP contribution >= 0.6 is 35.7 Å². The highest BCUT2D eigenvalue weighted by atomic mass is 32.1. The molecule has 6 atom stereocenters. The Balaban J connectivity index is 1.61. The largest absolute Gasteiger partial charge is 0.490 e. The molecule has 0 bridgehead atoms. The average Bonchev–Trinajstić information content (AvgIpc) is 3.52. The number of hydrogen-bond acceptors (Lipinski definition) is 15. The molecule has 4 heterocycles. The summed E-state index contributed by atoms with van der Waals surface area (Å²) in [6.07, 6.45) is -3.54. The maximum Gasteiger partial charge on any atom is 0.490 e. The minimum Gasteiger partial charge on any atom is -0.438 e. The minimum absolute atomic E-state index is 0.0776. The minimum atomic E-state index is -5.77. The molecule has 22 nitrogen and oxygen atoms in total. The Hall–Kier alpha value is -2.62. The van der Waals surface area contributed by atoms with Crippen LogP contribution in [-0.2, 0) is 48.1 Å². The lowest BCUT2D eigenvalue weighted by Gasteiger charge is -2.24. The van der Waals surface area contributed by atoms with Gasteiger partial charge in [-0.15, -0.1) is 0 Å². The summed E-state index contributed by atoms with van der Waals surface area (Å²) in [5.41, 5.74) is 6.09. The molecular weight excluding hydrogens is 653 g/mol. The van der Waals surface area contributed by atoms with Crippen LogP contribution < -0.4 is 11.1 Å². The lowest BCUT2D eigenvalue weighted by Crippen LogP contribution is -2.39. The summed E-state index contributed by atoms with van der Waals surface area (Å²) in [5, 5.41) is 6.40. The number of aryl methyl sites for hydroxylation is 1. The van der Waals surface area contributed by atoms with Gasteiger partial charge in [0.05, 0.1) is 19.1 Å². The smallest absolute Gasteiger partial charge is 0.438 e. The molecule has 0 spiro atoms. The summed E-state index contributed by atoms with van der Waals surface area (Å²) in [5.74, 6) is 0.189. The van der Waals surface area contributed by atoms with Crippen molar-refractivity contribution in [1.82, 2.24) is 29.3 Å². The van der Waals surface area contributed by atoms with E-state index < -0.39 is 60.7 Å². The van der Waals surface area contributed by atoms with Crippen molar-refractivity contribution in [3.05, 3.63) is 23.2 Å². The third-order valence-corrected chi connectivity index (χ3v) is 9.49. The second-order valence-electron chi connectivity index (χ2n) is 8.26. The third kappa shape index (κ3) is 7.66. The molecule has 0 saturated carbocycles. The molecule has 42 heavy (non-hydrogen) atoms. The standard InChI is InChI=1S/C16H23N8O14P3S/c1-23-8(3-4-19-23)20-16(25)36-11-10(33-2)7(5-34-40(29,30)38-41(31,32)37-39(26,27)28)35-14(11)24-6-18-9-12(24)21-15(17)22-13(9)42/h3-4,6-7,10-11,14H,5H2,1-2H3,(H,20,25)(H,29,30)(H,31,32)(H2,26,27,28)(H3,17,21,22,42). The number of nitrogen functional groups attached to an aromatic ring is 1. The molecule has 0 aliphatic carbocycles. The number of nitrogens with two attached hydrogens (primary N) is 1. The van der Waals surface area contributed by atoms with Gasteiger partial charge in [-0.1, -0.05) is 12.2 Å². The Labute approximate surface area is 239 Å². The fourth-order valence-electron chi connectivity index (χ4n) is 3.83. The molecule has 1 aliphatic rings. The lowest BCUT2D eigenvalue weighted by atomic mass is 10.1. The number of amides is 1. The number of hydrogen-bond donors (Lipinski definition) is 7. The molecular formula is C16H23N8O14P3S.